The van der Waals surface area contributed by atoms with Gasteiger partial charge in [0.25, 0.3) is 0 Å². The van der Waals surface area contributed by atoms with Gasteiger partial charge in [0.15, 0.2) is 0 Å². The Kier molecular flexibility index (Phi) is 4.48. The lowest BCUT2D eigenvalue weighted by atomic mass is 10.0. The number of rotatable bonds is 4. The molecule has 1 aromatic heterocycles. The van der Waals surface area contributed by atoms with Crippen LogP contribution in [0.15, 0.2) is 18.2 Å². The molecule has 0 amide bonds. The summed E-state index contributed by atoms with van der Waals surface area (Å²) in [6.45, 7) is 2.12. The first-order valence-electron chi connectivity index (χ1n) is 9.13. The first kappa shape index (κ1) is 16.8. The van der Waals surface area contributed by atoms with Gasteiger partial charge in [-0.05, 0) is 57.5 Å². The molecule has 1 aliphatic heterocycles. The third kappa shape index (κ3) is 3.49. The maximum Gasteiger partial charge on any atom is 0.243 e. The van der Waals surface area contributed by atoms with Gasteiger partial charge in [-0.1, -0.05) is 5.92 Å². The molecule has 26 heavy (non-hydrogen) atoms. The van der Waals surface area contributed by atoms with Gasteiger partial charge in [0, 0.05) is 29.6 Å². The minimum atomic E-state index is 0.119. The SMILES string of the molecule is C#Cc1ccc(-c2nnc(N[C@@H]3CCCN(C)C3)nc2C2CC2)c(O)c1. The first-order chi connectivity index (χ1) is 12.6. The zero-order valence-corrected chi connectivity index (χ0v) is 14.9. The molecule has 134 valence electrons. The predicted molar refractivity (Wildman–Crippen MR) is 101 cm³/mol. The molecular weight excluding hydrogens is 326 g/mol. The van der Waals surface area contributed by atoms with E-state index in [2.05, 4.69) is 33.4 Å². The molecule has 2 aliphatic rings. The number of likely N-dealkylation sites (N-methyl/N-ethyl adjacent to an activating group) is 1. The Labute approximate surface area is 153 Å². The van der Waals surface area contributed by atoms with E-state index in [0.29, 0.717) is 34.7 Å². The van der Waals surface area contributed by atoms with Crippen LogP contribution < -0.4 is 5.32 Å². The van der Waals surface area contributed by atoms with E-state index in [9.17, 15) is 5.11 Å². The molecule has 2 aromatic rings. The number of nitrogens with one attached hydrogen (secondary N) is 1. The lowest BCUT2D eigenvalue weighted by Gasteiger charge is -2.30. The van der Waals surface area contributed by atoms with Crippen molar-refractivity contribution in [1.82, 2.24) is 20.1 Å². The summed E-state index contributed by atoms with van der Waals surface area (Å²) in [5.74, 6) is 3.62. The number of phenols is 1. The van der Waals surface area contributed by atoms with Crippen molar-refractivity contribution in [2.45, 2.75) is 37.6 Å². The number of piperidine rings is 1. The topological polar surface area (TPSA) is 74.2 Å². The van der Waals surface area contributed by atoms with Crippen LogP contribution in [0.2, 0.25) is 0 Å². The second kappa shape index (κ2) is 6.93. The molecule has 1 atom stereocenters. The minimum Gasteiger partial charge on any atom is -0.507 e. The van der Waals surface area contributed by atoms with E-state index < -0.39 is 0 Å². The highest BCUT2D eigenvalue weighted by Crippen LogP contribution is 2.44. The highest BCUT2D eigenvalue weighted by atomic mass is 16.3. The van der Waals surface area contributed by atoms with Crippen molar-refractivity contribution in [3.05, 3.63) is 29.5 Å². The third-order valence-electron chi connectivity index (χ3n) is 5.05. The maximum atomic E-state index is 10.3. The largest absolute Gasteiger partial charge is 0.507 e. The quantitative estimate of drug-likeness (QED) is 0.827. The first-order valence-corrected chi connectivity index (χ1v) is 9.13. The average Bonchev–Trinajstić information content (AvgIpc) is 3.47. The van der Waals surface area contributed by atoms with Crippen molar-refractivity contribution < 1.29 is 5.11 Å². The predicted octanol–water partition coefficient (Wildman–Crippen LogP) is 2.61. The average molecular weight is 349 g/mol. The Hall–Kier alpha value is -2.65. The van der Waals surface area contributed by atoms with Crippen molar-refractivity contribution in [3.8, 4) is 29.4 Å². The molecule has 1 saturated carbocycles. The van der Waals surface area contributed by atoms with Gasteiger partial charge in [-0.25, -0.2) is 4.98 Å². The fraction of sp³-hybridized carbons (Fsp3) is 0.450. The van der Waals surface area contributed by atoms with Gasteiger partial charge in [-0.15, -0.1) is 16.6 Å². The number of phenolic OH excluding ortho intramolecular Hbond substituents is 1. The van der Waals surface area contributed by atoms with Crippen molar-refractivity contribution in [2.75, 3.05) is 25.5 Å². The van der Waals surface area contributed by atoms with Crippen LogP contribution in [0.25, 0.3) is 11.3 Å². The molecule has 4 rings (SSSR count). The van der Waals surface area contributed by atoms with Gasteiger partial charge in [-0.2, -0.15) is 0 Å². The van der Waals surface area contributed by atoms with Crippen LogP contribution in [0, 0.1) is 12.3 Å². The number of benzene rings is 1. The molecule has 6 nitrogen and oxygen atoms in total. The fourth-order valence-electron chi connectivity index (χ4n) is 3.52. The zero-order chi connectivity index (χ0) is 18.1. The van der Waals surface area contributed by atoms with Crippen molar-refractivity contribution in [2.24, 2.45) is 0 Å². The zero-order valence-electron chi connectivity index (χ0n) is 14.9. The smallest absolute Gasteiger partial charge is 0.243 e. The summed E-state index contributed by atoms with van der Waals surface area (Å²) < 4.78 is 0. The lowest BCUT2D eigenvalue weighted by molar-refractivity contribution is 0.260. The molecule has 0 unspecified atom stereocenters. The second-order valence-corrected chi connectivity index (χ2v) is 7.27. The van der Waals surface area contributed by atoms with E-state index in [1.54, 1.807) is 18.2 Å². The number of hydrogen-bond donors (Lipinski definition) is 2. The second-order valence-electron chi connectivity index (χ2n) is 7.27. The van der Waals surface area contributed by atoms with Crippen molar-refractivity contribution in [1.29, 1.82) is 0 Å². The molecule has 1 aliphatic carbocycles. The Morgan fingerprint density at radius 2 is 2.12 bits per heavy atom. The fourth-order valence-corrected chi connectivity index (χ4v) is 3.52. The van der Waals surface area contributed by atoms with Gasteiger partial charge in [0.2, 0.25) is 5.95 Å². The maximum absolute atomic E-state index is 10.3. The van der Waals surface area contributed by atoms with Crippen LogP contribution in [-0.2, 0) is 0 Å². The van der Waals surface area contributed by atoms with E-state index in [1.807, 2.05) is 0 Å². The van der Waals surface area contributed by atoms with Gasteiger partial charge in [0.05, 0.1) is 5.69 Å². The van der Waals surface area contributed by atoms with E-state index in [1.165, 1.54) is 6.42 Å². The molecule has 0 bridgehead atoms. The normalized spacial score (nSPS) is 20.5. The number of aromatic hydroxyl groups is 1. The van der Waals surface area contributed by atoms with E-state index in [4.69, 9.17) is 11.4 Å². The molecular formula is C20H23N5O. The van der Waals surface area contributed by atoms with Crippen LogP contribution in [0.5, 0.6) is 5.75 Å². The molecule has 2 fully saturated rings. The third-order valence-corrected chi connectivity index (χ3v) is 5.05. The Bertz CT molecular complexity index is 856. The minimum absolute atomic E-state index is 0.119. The summed E-state index contributed by atoms with van der Waals surface area (Å²) >= 11 is 0. The number of anilines is 1. The Morgan fingerprint density at radius 3 is 2.81 bits per heavy atom. The molecule has 2 heterocycles. The molecule has 0 spiro atoms. The Morgan fingerprint density at radius 1 is 1.27 bits per heavy atom. The van der Waals surface area contributed by atoms with Gasteiger partial charge in [0.1, 0.15) is 11.4 Å². The number of hydrogen-bond acceptors (Lipinski definition) is 6. The molecule has 6 heteroatoms. The summed E-state index contributed by atoms with van der Waals surface area (Å²) in [4.78, 5) is 7.07. The summed E-state index contributed by atoms with van der Waals surface area (Å²) in [6.07, 6.45) is 9.88. The van der Waals surface area contributed by atoms with Crippen molar-refractivity contribution >= 4 is 5.95 Å². The van der Waals surface area contributed by atoms with Crippen LogP contribution in [0.4, 0.5) is 5.95 Å². The van der Waals surface area contributed by atoms with Gasteiger partial charge in [-0.3, -0.25) is 0 Å². The monoisotopic (exact) mass is 349 g/mol. The lowest BCUT2D eigenvalue weighted by Crippen LogP contribution is -2.40. The summed E-state index contributed by atoms with van der Waals surface area (Å²) in [7, 11) is 2.13. The number of aromatic nitrogens is 3. The number of terminal acetylenes is 1. The Balaban J connectivity index is 1.63. The molecule has 2 N–H and O–H groups in total. The standard InChI is InChI=1S/C20H23N5O/c1-3-13-6-9-16(17(26)11-13)19-18(14-7-8-14)22-20(24-23-19)21-15-5-4-10-25(2)12-15/h1,6,9,11,14-15,26H,4-5,7-8,10,12H2,2H3,(H,21,22,24)/t15-/m1/s1. The van der Waals surface area contributed by atoms with Crippen molar-refractivity contribution in [3.63, 3.8) is 0 Å². The van der Waals surface area contributed by atoms with Crippen LogP contribution in [0.1, 0.15) is 42.9 Å². The van der Waals surface area contributed by atoms with Crippen LogP contribution in [-0.4, -0.2) is 51.4 Å². The van der Waals surface area contributed by atoms with E-state index >= 15 is 0 Å². The van der Waals surface area contributed by atoms with Gasteiger partial charge < -0.3 is 15.3 Å². The van der Waals surface area contributed by atoms with Crippen LogP contribution >= 0.6 is 0 Å². The summed E-state index contributed by atoms with van der Waals surface area (Å²) in [5.41, 5.74) is 2.84. The molecule has 1 aromatic carbocycles. The van der Waals surface area contributed by atoms with E-state index in [-0.39, 0.29) is 5.75 Å². The number of nitrogens with zero attached hydrogens (tertiary/aromatic N) is 4. The van der Waals surface area contributed by atoms with Gasteiger partial charge >= 0.3 is 0 Å². The highest BCUT2D eigenvalue weighted by molar-refractivity contribution is 5.70. The van der Waals surface area contributed by atoms with E-state index in [0.717, 1.165) is 38.0 Å². The number of likely N-dealkylation sites (tertiary alicyclic amines) is 1. The molecule has 1 saturated heterocycles. The summed E-state index contributed by atoms with van der Waals surface area (Å²) in [5, 5.41) is 22.5. The highest BCUT2D eigenvalue weighted by Gasteiger charge is 2.31. The van der Waals surface area contributed by atoms with Crippen LogP contribution in [0.3, 0.4) is 0 Å². The molecule has 0 radical (unpaired) electrons. The summed E-state index contributed by atoms with van der Waals surface area (Å²) in [6, 6.07) is 5.53.